The fourth-order valence-electron chi connectivity index (χ4n) is 2.16. The first-order chi connectivity index (χ1) is 11.7. The largest absolute Gasteiger partial charge is 0.467 e. The molecule has 0 fully saturated rings. The van der Waals surface area contributed by atoms with Gasteiger partial charge in [0.1, 0.15) is 12.4 Å². The third kappa shape index (κ3) is 6.33. The van der Waals surface area contributed by atoms with E-state index in [4.69, 9.17) is 9.15 Å². The maximum atomic E-state index is 5.57. The summed E-state index contributed by atoms with van der Waals surface area (Å²) in [5, 5.41) is 7.68. The van der Waals surface area contributed by atoms with Gasteiger partial charge in [-0.2, -0.15) is 0 Å². The SMILES string of the molecule is CCNC(=NCc1sc(C)nc1C)NCCCOCc1ccco1. The summed E-state index contributed by atoms with van der Waals surface area (Å²) in [4.78, 5) is 10.3. The van der Waals surface area contributed by atoms with E-state index in [1.54, 1.807) is 17.6 Å². The summed E-state index contributed by atoms with van der Waals surface area (Å²) < 4.78 is 10.8. The number of aliphatic imine (C=N–C) groups is 1. The van der Waals surface area contributed by atoms with Gasteiger partial charge in [0, 0.05) is 24.6 Å². The van der Waals surface area contributed by atoms with Crippen molar-refractivity contribution in [1.29, 1.82) is 0 Å². The normalized spacial score (nSPS) is 11.7. The van der Waals surface area contributed by atoms with Crippen molar-refractivity contribution in [2.75, 3.05) is 19.7 Å². The molecule has 0 unspecified atom stereocenters. The van der Waals surface area contributed by atoms with E-state index < -0.39 is 0 Å². The fraction of sp³-hybridized carbons (Fsp3) is 0.529. The minimum atomic E-state index is 0.519. The molecule has 2 rings (SSSR count). The minimum absolute atomic E-state index is 0.519. The van der Waals surface area contributed by atoms with Crippen LogP contribution in [0.25, 0.3) is 0 Å². The molecule has 0 aliphatic heterocycles. The van der Waals surface area contributed by atoms with Crippen LogP contribution in [0.15, 0.2) is 27.8 Å². The lowest BCUT2D eigenvalue weighted by Crippen LogP contribution is -2.38. The zero-order valence-corrected chi connectivity index (χ0v) is 15.4. The van der Waals surface area contributed by atoms with Gasteiger partial charge in [-0.05, 0) is 39.3 Å². The molecule has 0 saturated carbocycles. The van der Waals surface area contributed by atoms with Crippen molar-refractivity contribution < 1.29 is 9.15 Å². The Morgan fingerprint density at radius 1 is 1.38 bits per heavy atom. The second kappa shape index (κ2) is 10.1. The molecule has 6 nitrogen and oxygen atoms in total. The van der Waals surface area contributed by atoms with Crippen LogP contribution in [0.3, 0.4) is 0 Å². The number of guanidine groups is 1. The Kier molecular flexibility index (Phi) is 7.77. The number of hydrogen-bond acceptors (Lipinski definition) is 5. The monoisotopic (exact) mass is 350 g/mol. The standard InChI is InChI=1S/C17H26N4O2S/c1-4-18-17(20-11-16-13(2)21-14(3)24-16)19-8-6-9-22-12-15-7-5-10-23-15/h5,7,10H,4,6,8-9,11-12H2,1-3H3,(H2,18,19,20). The van der Waals surface area contributed by atoms with Gasteiger partial charge in [-0.3, -0.25) is 0 Å². The third-order valence-electron chi connectivity index (χ3n) is 3.31. The quantitative estimate of drug-likeness (QED) is 0.413. The van der Waals surface area contributed by atoms with Crippen molar-refractivity contribution in [2.24, 2.45) is 4.99 Å². The summed E-state index contributed by atoms with van der Waals surface area (Å²) in [7, 11) is 0. The van der Waals surface area contributed by atoms with Gasteiger partial charge in [-0.1, -0.05) is 0 Å². The molecule has 132 valence electrons. The van der Waals surface area contributed by atoms with Gasteiger partial charge in [0.25, 0.3) is 0 Å². The Balaban J connectivity index is 1.68. The topological polar surface area (TPSA) is 71.7 Å². The Hall–Kier alpha value is -1.86. The number of nitrogens with zero attached hydrogens (tertiary/aromatic N) is 2. The van der Waals surface area contributed by atoms with Gasteiger partial charge >= 0.3 is 0 Å². The van der Waals surface area contributed by atoms with E-state index in [1.807, 2.05) is 26.0 Å². The van der Waals surface area contributed by atoms with E-state index in [0.717, 1.165) is 41.9 Å². The Bertz CT molecular complexity index is 623. The molecule has 2 aromatic rings. The lowest BCUT2D eigenvalue weighted by Gasteiger charge is -2.11. The number of nitrogens with one attached hydrogen (secondary N) is 2. The maximum absolute atomic E-state index is 5.57. The van der Waals surface area contributed by atoms with Gasteiger partial charge < -0.3 is 19.8 Å². The molecule has 0 spiro atoms. The molecule has 2 N–H and O–H groups in total. The molecule has 2 heterocycles. The van der Waals surface area contributed by atoms with E-state index in [-0.39, 0.29) is 0 Å². The molecule has 24 heavy (non-hydrogen) atoms. The van der Waals surface area contributed by atoms with E-state index >= 15 is 0 Å². The van der Waals surface area contributed by atoms with Crippen LogP contribution < -0.4 is 10.6 Å². The average Bonchev–Trinajstić information content (AvgIpc) is 3.17. The first-order valence-corrected chi connectivity index (χ1v) is 9.06. The molecule has 7 heteroatoms. The lowest BCUT2D eigenvalue weighted by atomic mass is 10.4. The Morgan fingerprint density at radius 2 is 2.25 bits per heavy atom. The van der Waals surface area contributed by atoms with Crippen molar-refractivity contribution in [3.63, 3.8) is 0 Å². The highest BCUT2D eigenvalue weighted by atomic mass is 32.1. The average molecular weight is 350 g/mol. The van der Waals surface area contributed by atoms with Crippen molar-refractivity contribution in [3.05, 3.63) is 39.7 Å². The number of hydrogen-bond donors (Lipinski definition) is 2. The predicted octanol–water partition coefficient (Wildman–Crippen LogP) is 3.01. The summed E-state index contributed by atoms with van der Waals surface area (Å²) >= 11 is 1.71. The summed E-state index contributed by atoms with van der Waals surface area (Å²) in [5.74, 6) is 1.68. The Labute approximate surface area is 147 Å². The molecule has 0 saturated heterocycles. The second-order valence-electron chi connectivity index (χ2n) is 5.35. The highest BCUT2D eigenvalue weighted by Crippen LogP contribution is 2.17. The number of aryl methyl sites for hydroxylation is 2. The number of aromatic nitrogens is 1. The van der Waals surface area contributed by atoms with Crippen LogP contribution in [0.5, 0.6) is 0 Å². The maximum Gasteiger partial charge on any atom is 0.191 e. The van der Waals surface area contributed by atoms with Gasteiger partial charge in [0.2, 0.25) is 0 Å². The molecular formula is C17H26N4O2S. The lowest BCUT2D eigenvalue weighted by molar-refractivity contribution is 0.105. The van der Waals surface area contributed by atoms with Gasteiger partial charge in [-0.15, -0.1) is 11.3 Å². The van der Waals surface area contributed by atoms with E-state index in [1.165, 1.54) is 4.88 Å². The summed E-state index contributed by atoms with van der Waals surface area (Å²) in [6.45, 7) is 9.62. The Morgan fingerprint density at radius 3 is 2.92 bits per heavy atom. The van der Waals surface area contributed by atoms with Crippen LogP contribution in [0.2, 0.25) is 0 Å². The first-order valence-electron chi connectivity index (χ1n) is 8.24. The van der Waals surface area contributed by atoms with E-state index in [9.17, 15) is 0 Å². The minimum Gasteiger partial charge on any atom is -0.467 e. The van der Waals surface area contributed by atoms with Crippen molar-refractivity contribution in [1.82, 2.24) is 15.6 Å². The van der Waals surface area contributed by atoms with Crippen LogP contribution in [0.4, 0.5) is 0 Å². The van der Waals surface area contributed by atoms with Crippen LogP contribution in [0.1, 0.15) is 34.7 Å². The summed E-state index contributed by atoms with van der Waals surface area (Å²) in [6, 6.07) is 3.78. The fourth-order valence-corrected chi connectivity index (χ4v) is 3.02. The molecular weight excluding hydrogens is 324 g/mol. The van der Waals surface area contributed by atoms with Gasteiger partial charge in [0.15, 0.2) is 5.96 Å². The molecule has 0 aromatic carbocycles. The first kappa shape index (κ1) is 18.5. The number of thiazole rings is 1. The molecule has 0 bridgehead atoms. The van der Waals surface area contributed by atoms with Crippen molar-refractivity contribution >= 4 is 17.3 Å². The van der Waals surface area contributed by atoms with Crippen LogP contribution >= 0.6 is 11.3 Å². The number of rotatable bonds is 9. The smallest absolute Gasteiger partial charge is 0.191 e. The molecule has 0 atom stereocenters. The van der Waals surface area contributed by atoms with Gasteiger partial charge in [0.05, 0.1) is 23.5 Å². The van der Waals surface area contributed by atoms with E-state index in [0.29, 0.717) is 19.8 Å². The second-order valence-corrected chi connectivity index (χ2v) is 6.64. The zero-order chi connectivity index (χ0) is 17.2. The molecule has 0 aliphatic carbocycles. The molecule has 0 amide bonds. The zero-order valence-electron chi connectivity index (χ0n) is 14.6. The van der Waals surface area contributed by atoms with Crippen molar-refractivity contribution in [3.8, 4) is 0 Å². The van der Waals surface area contributed by atoms with Crippen molar-refractivity contribution in [2.45, 2.75) is 40.3 Å². The molecule has 0 radical (unpaired) electrons. The number of ether oxygens (including phenoxy) is 1. The highest BCUT2D eigenvalue weighted by Gasteiger charge is 2.04. The molecule has 2 aromatic heterocycles. The molecule has 0 aliphatic rings. The number of furan rings is 1. The van der Waals surface area contributed by atoms with Gasteiger partial charge in [-0.25, -0.2) is 9.98 Å². The van der Waals surface area contributed by atoms with Crippen LogP contribution in [0, 0.1) is 13.8 Å². The summed E-state index contributed by atoms with van der Waals surface area (Å²) in [6.07, 6.45) is 2.57. The predicted molar refractivity (Wildman–Crippen MR) is 97.4 cm³/mol. The highest BCUT2D eigenvalue weighted by molar-refractivity contribution is 7.11. The summed E-state index contributed by atoms with van der Waals surface area (Å²) in [5.41, 5.74) is 1.07. The van der Waals surface area contributed by atoms with E-state index in [2.05, 4.69) is 27.5 Å². The van der Waals surface area contributed by atoms with Crippen LogP contribution in [-0.2, 0) is 17.9 Å². The van der Waals surface area contributed by atoms with Crippen LogP contribution in [-0.4, -0.2) is 30.6 Å². The third-order valence-corrected chi connectivity index (χ3v) is 4.36.